The van der Waals surface area contributed by atoms with Crippen LogP contribution in [-0.4, -0.2) is 48.0 Å². The summed E-state index contributed by atoms with van der Waals surface area (Å²) in [6.07, 6.45) is 3.46. The van der Waals surface area contributed by atoms with Crippen LogP contribution < -0.4 is 10.6 Å². The van der Waals surface area contributed by atoms with Gasteiger partial charge in [0.15, 0.2) is 0 Å². The van der Waals surface area contributed by atoms with Crippen molar-refractivity contribution in [3.63, 3.8) is 0 Å². The van der Waals surface area contributed by atoms with Crippen LogP contribution in [0.2, 0.25) is 0 Å². The molecule has 1 aromatic heterocycles. The van der Waals surface area contributed by atoms with Crippen molar-refractivity contribution in [1.82, 2.24) is 15.6 Å². The van der Waals surface area contributed by atoms with Crippen LogP contribution in [-0.2, 0) is 11.2 Å². The van der Waals surface area contributed by atoms with Gasteiger partial charge in [-0.25, -0.2) is 9.18 Å². The summed E-state index contributed by atoms with van der Waals surface area (Å²) in [5.41, 5.74) is 0.940. The zero-order valence-electron chi connectivity index (χ0n) is 13.4. The Morgan fingerprint density at radius 3 is 2.92 bits per heavy atom. The standard InChI is InChI=1S/C17H22FN3O3/c18-13-1-2-15-14(9-13)12(10-20-15)3-6-19-16(22)21-11-17(23)4-7-24-8-5-17/h1-2,9-10,20,23H,3-8,11H2,(H2,19,21,22). The molecule has 130 valence electrons. The summed E-state index contributed by atoms with van der Waals surface area (Å²) in [7, 11) is 0. The number of urea groups is 1. The van der Waals surface area contributed by atoms with Gasteiger partial charge in [-0.1, -0.05) is 0 Å². The molecule has 1 aliphatic rings. The average Bonchev–Trinajstić information content (AvgIpc) is 2.96. The van der Waals surface area contributed by atoms with Crippen molar-refractivity contribution in [3.8, 4) is 0 Å². The van der Waals surface area contributed by atoms with Gasteiger partial charge in [-0.15, -0.1) is 0 Å². The van der Waals surface area contributed by atoms with E-state index in [9.17, 15) is 14.3 Å². The molecule has 0 spiro atoms. The highest BCUT2D eigenvalue weighted by Gasteiger charge is 2.29. The second-order valence-corrected chi connectivity index (χ2v) is 6.20. The predicted octanol–water partition coefficient (Wildman–Crippen LogP) is 1.69. The fraction of sp³-hybridized carbons (Fsp3) is 0.471. The van der Waals surface area contributed by atoms with Crippen LogP contribution in [0.4, 0.5) is 9.18 Å². The van der Waals surface area contributed by atoms with Crippen LogP contribution in [0.5, 0.6) is 0 Å². The Morgan fingerprint density at radius 1 is 1.33 bits per heavy atom. The van der Waals surface area contributed by atoms with E-state index in [1.165, 1.54) is 12.1 Å². The van der Waals surface area contributed by atoms with Crippen molar-refractivity contribution < 1.29 is 19.0 Å². The monoisotopic (exact) mass is 335 g/mol. The van der Waals surface area contributed by atoms with E-state index >= 15 is 0 Å². The zero-order chi connectivity index (χ0) is 17.0. The molecule has 2 amide bonds. The summed E-state index contributed by atoms with van der Waals surface area (Å²) >= 11 is 0. The van der Waals surface area contributed by atoms with Gasteiger partial charge < -0.3 is 25.5 Å². The van der Waals surface area contributed by atoms with Crippen LogP contribution in [0.1, 0.15) is 18.4 Å². The van der Waals surface area contributed by atoms with E-state index in [0.29, 0.717) is 39.0 Å². The summed E-state index contributed by atoms with van der Waals surface area (Å²) in [5, 5.41) is 16.6. The van der Waals surface area contributed by atoms with Crippen molar-refractivity contribution in [1.29, 1.82) is 0 Å². The number of ether oxygens (including phenoxy) is 1. The molecule has 0 bridgehead atoms. The number of H-pyrrole nitrogens is 1. The molecule has 0 unspecified atom stereocenters. The number of halogens is 1. The van der Waals surface area contributed by atoms with Crippen LogP contribution in [0.3, 0.4) is 0 Å². The van der Waals surface area contributed by atoms with Gasteiger partial charge >= 0.3 is 6.03 Å². The Bertz CT molecular complexity index is 710. The first-order valence-corrected chi connectivity index (χ1v) is 8.13. The van der Waals surface area contributed by atoms with E-state index in [1.54, 1.807) is 6.07 Å². The van der Waals surface area contributed by atoms with Gasteiger partial charge in [0.05, 0.1) is 5.60 Å². The number of hydrogen-bond donors (Lipinski definition) is 4. The highest BCUT2D eigenvalue weighted by Crippen LogP contribution is 2.20. The normalized spacial score (nSPS) is 16.9. The molecule has 1 fully saturated rings. The van der Waals surface area contributed by atoms with Crippen molar-refractivity contribution in [2.24, 2.45) is 0 Å². The molecule has 0 aliphatic carbocycles. The number of aliphatic hydroxyl groups is 1. The smallest absolute Gasteiger partial charge is 0.314 e. The second kappa shape index (κ2) is 7.19. The molecule has 6 nitrogen and oxygen atoms in total. The lowest BCUT2D eigenvalue weighted by Gasteiger charge is -2.32. The third-order valence-corrected chi connectivity index (χ3v) is 4.41. The first-order valence-electron chi connectivity index (χ1n) is 8.13. The van der Waals surface area contributed by atoms with Crippen molar-refractivity contribution in [2.45, 2.75) is 24.9 Å². The molecule has 4 N–H and O–H groups in total. The lowest BCUT2D eigenvalue weighted by atomic mass is 9.94. The maximum absolute atomic E-state index is 13.3. The summed E-state index contributed by atoms with van der Waals surface area (Å²) in [6, 6.07) is 4.28. The minimum atomic E-state index is -0.885. The Kier molecular flexibility index (Phi) is 5.01. The van der Waals surface area contributed by atoms with Crippen molar-refractivity contribution in [2.75, 3.05) is 26.3 Å². The zero-order valence-corrected chi connectivity index (χ0v) is 13.4. The number of rotatable bonds is 5. The largest absolute Gasteiger partial charge is 0.388 e. The lowest BCUT2D eigenvalue weighted by molar-refractivity contribution is -0.0600. The molecule has 2 heterocycles. The summed E-state index contributed by atoms with van der Waals surface area (Å²) in [5.74, 6) is -0.279. The molecular formula is C17H22FN3O3. The van der Waals surface area contributed by atoms with Gasteiger partial charge in [0, 0.05) is 56.2 Å². The SMILES string of the molecule is O=C(NCCc1c[nH]c2ccc(F)cc12)NCC1(O)CCOCC1. The average molecular weight is 335 g/mol. The van der Waals surface area contributed by atoms with Crippen LogP contribution in [0, 0.1) is 5.82 Å². The maximum Gasteiger partial charge on any atom is 0.314 e. The first kappa shape index (κ1) is 16.7. The number of amides is 2. The van der Waals surface area contributed by atoms with Gasteiger partial charge in [0.1, 0.15) is 5.82 Å². The number of carbonyl (C=O) groups is 1. The number of aromatic amines is 1. The Morgan fingerprint density at radius 2 is 2.12 bits per heavy atom. The van der Waals surface area contributed by atoms with Gasteiger partial charge in [-0.3, -0.25) is 0 Å². The minimum absolute atomic E-state index is 0.209. The number of carbonyl (C=O) groups excluding carboxylic acids is 1. The van der Waals surface area contributed by atoms with Crippen LogP contribution in [0.25, 0.3) is 10.9 Å². The van der Waals surface area contributed by atoms with Gasteiger partial charge in [-0.2, -0.15) is 0 Å². The van der Waals surface area contributed by atoms with E-state index in [0.717, 1.165) is 16.5 Å². The number of benzene rings is 1. The molecule has 1 saturated heterocycles. The Hall–Kier alpha value is -2.12. The number of hydrogen-bond acceptors (Lipinski definition) is 3. The second-order valence-electron chi connectivity index (χ2n) is 6.20. The lowest BCUT2D eigenvalue weighted by Crippen LogP contribution is -2.49. The Balaban J connectivity index is 1.45. The van der Waals surface area contributed by atoms with Crippen molar-refractivity contribution in [3.05, 3.63) is 35.8 Å². The maximum atomic E-state index is 13.3. The van der Waals surface area contributed by atoms with E-state index in [4.69, 9.17) is 4.74 Å². The van der Waals surface area contributed by atoms with E-state index in [2.05, 4.69) is 15.6 Å². The molecular weight excluding hydrogens is 313 g/mol. The molecule has 0 saturated carbocycles. The molecule has 0 atom stereocenters. The van der Waals surface area contributed by atoms with Crippen LogP contribution >= 0.6 is 0 Å². The van der Waals surface area contributed by atoms with Gasteiger partial charge in [0.2, 0.25) is 0 Å². The van der Waals surface area contributed by atoms with Crippen LogP contribution in [0.15, 0.2) is 24.4 Å². The van der Waals surface area contributed by atoms with Crippen molar-refractivity contribution >= 4 is 16.9 Å². The first-order chi connectivity index (χ1) is 11.6. The van der Waals surface area contributed by atoms with E-state index < -0.39 is 5.60 Å². The number of nitrogens with one attached hydrogen (secondary N) is 3. The molecule has 24 heavy (non-hydrogen) atoms. The fourth-order valence-corrected chi connectivity index (χ4v) is 2.90. The molecule has 1 aromatic carbocycles. The molecule has 1 aliphatic heterocycles. The van der Waals surface area contributed by atoms with Gasteiger partial charge in [0.25, 0.3) is 0 Å². The highest BCUT2D eigenvalue weighted by atomic mass is 19.1. The molecule has 3 rings (SSSR count). The topological polar surface area (TPSA) is 86.4 Å². The summed E-state index contributed by atoms with van der Waals surface area (Å²) in [4.78, 5) is 14.9. The number of fused-ring (bicyclic) bond motifs is 1. The molecule has 2 aromatic rings. The predicted molar refractivity (Wildman–Crippen MR) is 88.4 cm³/mol. The third-order valence-electron chi connectivity index (χ3n) is 4.41. The van der Waals surface area contributed by atoms with E-state index in [1.807, 2.05) is 6.20 Å². The minimum Gasteiger partial charge on any atom is -0.388 e. The third kappa shape index (κ3) is 4.04. The molecule has 7 heteroatoms. The fourth-order valence-electron chi connectivity index (χ4n) is 2.90. The summed E-state index contributed by atoms with van der Waals surface area (Å²) < 4.78 is 18.5. The van der Waals surface area contributed by atoms with E-state index in [-0.39, 0.29) is 18.4 Å². The quantitative estimate of drug-likeness (QED) is 0.671. The molecule has 0 radical (unpaired) electrons. The number of aromatic nitrogens is 1. The Labute approximate surface area is 139 Å². The van der Waals surface area contributed by atoms with Gasteiger partial charge in [-0.05, 0) is 30.2 Å². The summed E-state index contributed by atoms with van der Waals surface area (Å²) in [6.45, 7) is 1.66. The highest BCUT2D eigenvalue weighted by molar-refractivity contribution is 5.83.